The molecule has 0 heterocycles. The molecule has 1 N–H and O–H groups in total. The van der Waals surface area contributed by atoms with Gasteiger partial charge in [0.1, 0.15) is 0 Å². The van der Waals surface area contributed by atoms with Crippen LogP contribution in [-0.2, 0) is 0 Å². The summed E-state index contributed by atoms with van der Waals surface area (Å²) in [5, 5.41) is 9.77. The van der Waals surface area contributed by atoms with Crippen LogP contribution in [-0.4, -0.2) is 11.2 Å². The summed E-state index contributed by atoms with van der Waals surface area (Å²) >= 11 is 0. The molecular formula is C18H20O. The van der Waals surface area contributed by atoms with Gasteiger partial charge in [-0.3, -0.25) is 0 Å². The van der Waals surface area contributed by atoms with Crippen molar-refractivity contribution in [2.24, 2.45) is 5.92 Å². The van der Waals surface area contributed by atoms with E-state index in [1.165, 1.54) is 16.7 Å². The molecule has 0 aliphatic heterocycles. The second-order valence-corrected chi connectivity index (χ2v) is 5.47. The van der Waals surface area contributed by atoms with Crippen LogP contribution in [0.5, 0.6) is 0 Å². The molecule has 0 aromatic heterocycles. The predicted octanol–water partition coefficient (Wildman–Crippen LogP) is 4.23. The molecule has 3 unspecified atom stereocenters. The van der Waals surface area contributed by atoms with Crippen molar-refractivity contribution in [2.45, 2.75) is 31.8 Å². The van der Waals surface area contributed by atoms with E-state index in [9.17, 15) is 5.11 Å². The molecule has 0 saturated heterocycles. The molecule has 2 aromatic rings. The van der Waals surface area contributed by atoms with Gasteiger partial charge in [-0.1, -0.05) is 67.9 Å². The van der Waals surface area contributed by atoms with Crippen molar-refractivity contribution >= 4 is 0 Å². The lowest BCUT2D eigenvalue weighted by atomic mass is 9.66. The van der Waals surface area contributed by atoms with E-state index in [-0.39, 0.29) is 6.10 Å². The molecule has 1 heteroatoms. The van der Waals surface area contributed by atoms with Crippen LogP contribution in [0.25, 0.3) is 11.1 Å². The molecule has 0 radical (unpaired) electrons. The first kappa shape index (κ1) is 12.4. The summed E-state index contributed by atoms with van der Waals surface area (Å²) in [7, 11) is 0. The molecule has 1 aliphatic carbocycles. The number of hydrogen-bond acceptors (Lipinski definition) is 1. The Kier molecular flexibility index (Phi) is 3.39. The molecule has 0 bridgehead atoms. The maximum atomic E-state index is 9.77. The number of hydrogen-bond donors (Lipinski definition) is 1. The number of aliphatic hydroxyl groups is 1. The van der Waals surface area contributed by atoms with Crippen molar-refractivity contribution in [3.05, 3.63) is 60.2 Å². The van der Waals surface area contributed by atoms with Crippen LogP contribution < -0.4 is 0 Å². The van der Waals surface area contributed by atoms with Gasteiger partial charge < -0.3 is 5.11 Å². The second-order valence-electron chi connectivity index (χ2n) is 5.47. The smallest absolute Gasteiger partial charge is 0.0580 e. The van der Waals surface area contributed by atoms with Gasteiger partial charge in [-0.15, -0.1) is 0 Å². The summed E-state index contributed by atoms with van der Waals surface area (Å²) in [6, 6.07) is 19.3. The van der Waals surface area contributed by atoms with E-state index >= 15 is 0 Å². The summed E-state index contributed by atoms with van der Waals surface area (Å²) in [6.45, 7) is 2.17. The van der Waals surface area contributed by atoms with Gasteiger partial charge in [0.2, 0.25) is 0 Å². The average Bonchev–Trinajstić information content (AvgIpc) is 2.46. The predicted molar refractivity (Wildman–Crippen MR) is 79.0 cm³/mol. The Hall–Kier alpha value is -1.60. The highest BCUT2D eigenvalue weighted by atomic mass is 16.3. The van der Waals surface area contributed by atoms with Gasteiger partial charge in [0.25, 0.3) is 0 Å². The zero-order valence-electron chi connectivity index (χ0n) is 11.3. The Morgan fingerprint density at radius 1 is 0.947 bits per heavy atom. The van der Waals surface area contributed by atoms with Crippen LogP contribution in [0.4, 0.5) is 0 Å². The molecule has 3 atom stereocenters. The van der Waals surface area contributed by atoms with Crippen LogP contribution in [0.1, 0.15) is 31.2 Å². The van der Waals surface area contributed by atoms with Crippen molar-refractivity contribution in [3.63, 3.8) is 0 Å². The lowest BCUT2D eigenvalue weighted by Crippen LogP contribution is -2.38. The van der Waals surface area contributed by atoms with Crippen LogP contribution in [0.3, 0.4) is 0 Å². The molecule has 0 amide bonds. The molecule has 1 saturated carbocycles. The molecule has 2 aromatic carbocycles. The summed E-state index contributed by atoms with van der Waals surface area (Å²) in [4.78, 5) is 0. The maximum Gasteiger partial charge on any atom is 0.0580 e. The van der Waals surface area contributed by atoms with E-state index in [1.54, 1.807) is 0 Å². The molecule has 1 nitrogen and oxygen atoms in total. The van der Waals surface area contributed by atoms with E-state index in [4.69, 9.17) is 0 Å². The zero-order valence-corrected chi connectivity index (χ0v) is 11.3. The fourth-order valence-corrected chi connectivity index (χ4v) is 3.18. The third kappa shape index (κ3) is 2.31. The SMILES string of the molecule is CCC1C(O)CC1c1ccc(-c2ccccc2)cc1. The highest BCUT2D eigenvalue weighted by molar-refractivity contribution is 5.63. The highest BCUT2D eigenvalue weighted by Crippen LogP contribution is 2.44. The van der Waals surface area contributed by atoms with E-state index < -0.39 is 0 Å². The first-order valence-electron chi connectivity index (χ1n) is 7.13. The van der Waals surface area contributed by atoms with E-state index in [0.29, 0.717) is 11.8 Å². The van der Waals surface area contributed by atoms with Gasteiger partial charge in [0.05, 0.1) is 6.10 Å². The molecular weight excluding hydrogens is 232 g/mol. The summed E-state index contributed by atoms with van der Waals surface area (Å²) < 4.78 is 0. The maximum absolute atomic E-state index is 9.77. The highest BCUT2D eigenvalue weighted by Gasteiger charge is 2.39. The van der Waals surface area contributed by atoms with E-state index in [2.05, 4.69) is 55.5 Å². The minimum atomic E-state index is -0.0937. The first-order chi connectivity index (χ1) is 9.29. The fourth-order valence-electron chi connectivity index (χ4n) is 3.18. The number of aliphatic hydroxyl groups excluding tert-OH is 1. The molecule has 98 valence electrons. The van der Waals surface area contributed by atoms with Gasteiger partial charge in [0, 0.05) is 0 Å². The summed E-state index contributed by atoms with van der Waals surface area (Å²) in [5.74, 6) is 0.993. The Balaban J connectivity index is 1.80. The summed E-state index contributed by atoms with van der Waals surface area (Å²) in [5.41, 5.74) is 3.89. The van der Waals surface area contributed by atoms with Crippen LogP contribution in [0.2, 0.25) is 0 Å². The van der Waals surface area contributed by atoms with Crippen molar-refractivity contribution in [3.8, 4) is 11.1 Å². The lowest BCUT2D eigenvalue weighted by molar-refractivity contribution is -0.000720. The first-order valence-corrected chi connectivity index (χ1v) is 7.13. The zero-order chi connectivity index (χ0) is 13.2. The Labute approximate surface area is 114 Å². The monoisotopic (exact) mass is 252 g/mol. The Morgan fingerprint density at radius 3 is 2.16 bits per heavy atom. The molecule has 1 aliphatic rings. The van der Waals surface area contributed by atoms with Crippen LogP contribution in [0, 0.1) is 5.92 Å². The quantitative estimate of drug-likeness (QED) is 0.866. The normalized spacial score (nSPS) is 25.9. The van der Waals surface area contributed by atoms with Crippen molar-refractivity contribution in [2.75, 3.05) is 0 Å². The summed E-state index contributed by atoms with van der Waals surface area (Å²) in [6.07, 6.45) is 1.89. The minimum absolute atomic E-state index is 0.0937. The van der Waals surface area contributed by atoms with Gasteiger partial charge >= 0.3 is 0 Å². The van der Waals surface area contributed by atoms with Crippen molar-refractivity contribution < 1.29 is 5.11 Å². The standard InChI is InChI=1S/C18H20O/c1-2-16-17(12-18(16)19)15-10-8-14(9-11-15)13-6-4-3-5-7-13/h3-11,16-19H,2,12H2,1H3. The number of rotatable bonds is 3. The third-order valence-corrected chi connectivity index (χ3v) is 4.42. The average molecular weight is 252 g/mol. The fraction of sp³-hybridized carbons (Fsp3) is 0.333. The van der Waals surface area contributed by atoms with Crippen LogP contribution >= 0.6 is 0 Å². The van der Waals surface area contributed by atoms with Crippen molar-refractivity contribution in [1.82, 2.24) is 0 Å². The van der Waals surface area contributed by atoms with Gasteiger partial charge in [-0.25, -0.2) is 0 Å². The molecule has 1 fully saturated rings. The second kappa shape index (κ2) is 5.18. The largest absolute Gasteiger partial charge is 0.393 e. The van der Waals surface area contributed by atoms with E-state index in [1.807, 2.05) is 6.07 Å². The van der Waals surface area contributed by atoms with E-state index in [0.717, 1.165) is 12.8 Å². The van der Waals surface area contributed by atoms with Crippen molar-refractivity contribution in [1.29, 1.82) is 0 Å². The Morgan fingerprint density at radius 2 is 1.58 bits per heavy atom. The molecule has 19 heavy (non-hydrogen) atoms. The Bertz CT molecular complexity index is 529. The minimum Gasteiger partial charge on any atom is -0.393 e. The topological polar surface area (TPSA) is 20.2 Å². The third-order valence-electron chi connectivity index (χ3n) is 4.42. The van der Waals surface area contributed by atoms with Gasteiger partial charge in [-0.2, -0.15) is 0 Å². The van der Waals surface area contributed by atoms with Gasteiger partial charge in [0.15, 0.2) is 0 Å². The van der Waals surface area contributed by atoms with Crippen LogP contribution in [0.15, 0.2) is 54.6 Å². The molecule has 0 spiro atoms. The molecule has 3 rings (SSSR count). The van der Waals surface area contributed by atoms with Gasteiger partial charge in [-0.05, 0) is 34.9 Å². The lowest BCUT2D eigenvalue weighted by Gasteiger charge is -2.41. The number of benzene rings is 2.